The number of nitrogens with one attached hydrogen (secondary N) is 1. The maximum absolute atomic E-state index is 11.9. The summed E-state index contributed by atoms with van der Waals surface area (Å²) in [5.41, 5.74) is 0.639. The van der Waals surface area contributed by atoms with Crippen LogP contribution in [0.5, 0.6) is 5.75 Å². The predicted octanol–water partition coefficient (Wildman–Crippen LogP) is 2.00. The zero-order chi connectivity index (χ0) is 15.2. The van der Waals surface area contributed by atoms with Gasteiger partial charge >= 0.3 is 0 Å². The van der Waals surface area contributed by atoms with E-state index >= 15 is 0 Å². The minimum absolute atomic E-state index is 0.0639. The first-order valence-corrected chi connectivity index (χ1v) is 6.33. The Balaban J connectivity index is 1.90. The highest BCUT2D eigenvalue weighted by molar-refractivity contribution is 5.97. The minimum atomic E-state index is -0.343. The minimum Gasteiger partial charge on any atom is -0.497 e. The van der Waals surface area contributed by atoms with Crippen LogP contribution in [0.25, 0.3) is 0 Å². The van der Waals surface area contributed by atoms with Crippen LogP contribution in [0.15, 0.2) is 47.1 Å². The average Bonchev–Trinajstić information content (AvgIpc) is 3.01. The fourth-order valence-electron chi connectivity index (χ4n) is 1.75. The summed E-state index contributed by atoms with van der Waals surface area (Å²) in [6.45, 7) is -0.0639. The average molecular weight is 288 g/mol. The van der Waals surface area contributed by atoms with Crippen molar-refractivity contribution in [3.05, 3.63) is 48.4 Å². The number of nitrogens with zero attached hydrogens (tertiary/aromatic N) is 1. The number of amides is 2. The van der Waals surface area contributed by atoms with Gasteiger partial charge in [0.15, 0.2) is 5.76 Å². The highest BCUT2D eigenvalue weighted by Crippen LogP contribution is 2.15. The summed E-state index contributed by atoms with van der Waals surface area (Å²) in [6.07, 6.45) is 1.42. The molecule has 0 bridgehead atoms. The molecule has 1 aromatic heterocycles. The molecule has 0 aliphatic heterocycles. The van der Waals surface area contributed by atoms with Gasteiger partial charge in [-0.25, -0.2) is 0 Å². The van der Waals surface area contributed by atoms with E-state index in [9.17, 15) is 9.59 Å². The predicted molar refractivity (Wildman–Crippen MR) is 77.3 cm³/mol. The molecule has 1 aromatic carbocycles. The Morgan fingerprint density at radius 2 is 1.95 bits per heavy atom. The molecule has 21 heavy (non-hydrogen) atoms. The number of methoxy groups -OCH3 is 1. The largest absolute Gasteiger partial charge is 0.497 e. The molecule has 0 spiro atoms. The molecule has 2 amide bonds. The molecule has 0 unspecified atom stereocenters. The molecule has 0 fully saturated rings. The number of anilines is 1. The van der Waals surface area contributed by atoms with E-state index in [-0.39, 0.29) is 24.1 Å². The van der Waals surface area contributed by atoms with Crippen molar-refractivity contribution in [2.45, 2.75) is 0 Å². The second-order valence-corrected chi connectivity index (χ2v) is 4.42. The van der Waals surface area contributed by atoms with Gasteiger partial charge in [0.2, 0.25) is 5.91 Å². The lowest BCUT2D eigenvalue weighted by molar-refractivity contribution is -0.116. The van der Waals surface area contributed by atoms with Crippen LogP contribution in [0.1, 0.15) is 10.6 Å². The van der Waals surface area contributed by atoms with Crippen molar-refractivity contribution in [3.63, 3.8) is 0 Å². The molecule has 0 saturated carbocycles. The van der Waals surface area contributed by atoms with E-state index in [1.165, 1.54) is 11.2 Å². The smallest absolute Gasteiger partial charge is 0.289 e. The van der Waals surface area contributed by atoms with Gasteiger partial charge < -0.3 is 19.4 Å². The van der Waals surface area contributed by atoms with E-state index in [0.717, 1.165) is 0 Å². The van der Waals surface area contributed by atoms with E-state index < -0.39 is 0 Å². The van der Waals surface area contributed by atoms with E-state index in [4.69, 9.17) is 9.15 Å². The topological polar surface area (TPSA) is 71.8 Å². The lowest BCUT2D eigenvalue weighted by Gasteiger charge is -2.15. The van der Waals surface area contributed by atoms with E-state index in [1.807, 2.05) is 0 Å². The molecule has 0 saturated heterocycles. The van der Waals surface area contributed by atoms with Gasteiger partial charge in [-0.3, -0.25) is 9.59 Å². The fourth-order valence-corrected chi connectivity index (χ4v) is 1.75. The van der Waals surface area contributed by atoms with Gasteiger partial charge in [0.05, 0.1) is 19.9 Å². The summed E-state index contributed by atoms with van der Waals surface area (Å²) < 4.78 is 10.0. The van der Waals surface area contributed by atoms with Crippen LogP contribution in [0, 0.1) is 0 Å². The number of likely N-dealkylation sites (N-methyl/N-ethyl adjacent to an activating group) is 1. The number of carbonyl (C=O) groups is 2. The maximum atomic E-state index is 11.9. The molecule has 110 valence electrons. The highest BCUT2D eigenvalue weighted by Gasteiger charge is 2.17. The van der Waals surface area contributed by atoms with Crippen molar-refractivity contribution in [2.24, 2.45) is 0 Å². The molecule has 2 aromatic rings. The molecule has 1 heterocycles. The third-order valence-electron chi connectivity index (χ3n) is 2.83. The Labute approximate surface area is 122 Å². The van der Waals surface area contributed by atoms with Crippen LogP contribution in [-0.4, -0.2) is 37.4 Å². The van der Waals surface area contributed by atoms with Crippen molar-refractivity contribution >= 4 is 17.5 Å². The van der Waals surface area contributed by atoms with Gasteiger partial charge in [-0.15, -0.1) is 0 Å². The van der Waals surface area contributed by atoms with Gasteiger partial charge in [0.1, 0.15) is 5.75 Å². The van der Waals surface area contributed by atoms with Gasteiger partial charge in [-0.1, -0.05) is 0 Å². The second-order valence-electron chi connectivity index (χ2n) is 4.42. The Kier molecular flexibility index (Phi) is 4.61. The lowest BCUT2D eigenvalue weighted by atomic mass is 10.3. The summed E-state index contributed by atoms with van der Waals surface area (Å²) in [5, 5.41) is 2.71. The summed E-state index contributed by atoms with van der Waals surface area (Å²) in [5.74, 6) is 0.278. The fraction of sp³-hybridized carbons (Fsp3) is 0.200. The normalized spacial score (nSPS) is 10.0. The first-order valence-electron chi connectivity index (χ1n) is 6.33. The van der Waals surface area contributed by atoms with E-state index in [1.54, 1.807) is 50.6 Å². The van der Waals surface area contributed by atoms with Crippen LogP contribution >= 0.6 is 0 Å². The summed E-state index contributed by atoms with van der Waals surface area (Å²) >= 11 is 0. The van der Waals surface area contributed by atoms with Crippen molar-refractivity contribution in [2.75, 3.05) is 26.0 Å². The molecule has 2 rings (SSSR count). The van der Waals surface area contributed by atoms with Crippen LogP contribution in [0.4, 0.5) is 5.69 Å². The first-order chi connectivity index (χ1) is 10.1. The third-order valence-corrected chi connectivity index (χ3v) is 2.83. The SMILES string of the molecule is COc1ccc(NC(=O)CN(C)C(=O)c2ccco2)cc1. The highest BCUT2D eigenvalue weighted by atomic mass is 16.5. The number of hydrogen-bond acceptors (Lipinski definition) is 4. The molecular weight excluding hydrogens is 272 g/mol. The number of hydrogen-bond donors (Lipinski definition) is 1. The lowest BCUT2D eigenvalue weighted by Crippen LogP contribution is -2.34. The number of carbonyl (C=O) groups excluding carboxylic acids is 2. The molecule has 1 N–H and O–H groups in total. The molecule has 0 aliphatic carbocycles. The molecule has 0 aliphatic rings. The number of furan rings is 1. The molecule has 0 radical (unpaired) electrons. The van der Waals surface area contributed by atoms with Crippen LogP contribution in [0.3, 0.4) is 0 Å². The monoisotopic (exact) mass is 288 g/mol. The van der Waals surface area contributed by atoms with Crippen molar-refractivity contribution in [1.29, 1.82) is 0 Å². The Hall–Kier alpha value is -2.76. The van der Waals surface area contributed by atoms with Crippen molar-refractivity contribution in [3.8, 4) is 5.75 Å². The second kappa shape index (κ2) is 6.60. The number of rotatable bonds is 5. The molecule has 6 heteroatoms. The Bertz CT molecular complexity index is 605. The van der Waals surface area contributed by atoms with Crippen LogP contribution < -0.4 is 10.1 Å². The van der Waals surface area contributed by atoms with Crippen molar-refractivity contribution < 1.29 is 18.7 Å². The summed E-state index contributed by atoms with van der Waals surface area (Å²) in [6, 6.07) is 10.1. The molecule has 0 atom stereocenters. The third kappa shape index (κ3) is 3.85. The van der Waals surface area contributed by atoms with E-state index in [0.29, 0.717) is 11.4 Å². The molecular formula is C15H16N2O4. The van der Waals surface area contributed by atoms with Crippen LogP contribution in [-0.2, 0) is 4.79 Å². The van der Waals surface area contributed by atoms with Crippen molar-refractivity contribution in [1.82, 2.24) is 4.90 Å². The summed E-state index contributed by atoms with van der Waals surface area (Å²) in [4.78, 5) is 25.1. The number of ether oxygens (including phenoxy) is 1. The molecule has 6 nitrogen and oxygen atoms in total. The zero-order valence-corrected chi connectivity index (χ0v) is 11.8. The Morgan fingerprint density at radius 1 is 1.24 bits per heavy atom. The Morgan fingerprint density at radius 3 is 2.52 bits per heavy atom. The quantitative estimate of drug-likeness (QED) is 0.913. The first kappa shape index (κ1) is 14.6. The van der Waals surface area contributed by atoms with E-state index in [2.05, 4.69) is 5.32 Å². The standard InChI is InChI=1S/C15H16N2O4/c1-17(15(19)13-4-3-9-21-13)10-14(18)16-11-5-7-12(20-2)8-6-11/h3-9H,10H2,1-2H3,(H,16,18). The number of benzene rings is 1. The summed E-state index contributed by atoms with van der Waals surface area (Å²) in [7, 11) is 3.11. The van der Waals surface area contributed by atoms with Gasteiger partial charge in [0.25, 0.3) is 5.91 Å². The maximum Gasteiger partial charge on any atom is 0.289 e. The van der Waals surface area contributed by atoms with Gasteiger partial charge in [-0.05, 0) is 36.4 Å². The van der Waals surface area contributed by atoms with Gasteiger partial charge in [0, 0.05) is 12.7 Å². The zero-order valence-electron chi connectivity index (χ0n) is 11.8. The van der Waals surface area contributed by atoms with Gasteiger partial charge in [-0.2, -0.15) is 0 Å². The van der Waals surface area contributed by atoms with Crippen LogP contribution in [0.2, 0.25) is 0 Å².